The van der Waals surface area contributed by atoms with Gasteiger partial charge >= 0.3 is 0 Å². The van der Waals surface area contributed by atoms with Gasteiger partial charge in [-0.05, 0) is 31.7 Å². The quantitative estimate of drug-likeness (QED) is 0.626. The predicted octanol–water partition coefficient (Wildman–Crippen LogP) is 2.19. The van der Waals surface area contributed by atoms with E-state index in [0.29, 0.717) is 6.04 Å². The van der Waals surface area contributed by atoms with Crippen molar-refractivity contribution in [3.05, 3.63) is 0 Å². The van der Waals surface area contributed by atoms with Crippen LogP contribution >= 0.6 is 0 Å². The summed E-state index contributed by atoms with van der Waals surface area (Å²) in [6, 6.07) is 0.701. The Kier molecular flexibility index (Phi) is 5.40. The smallest absolute Gasteiger partial charge is 0.0477 e. The first kappa shape index (κ1) is 11.0. The van der Waals surface area contributed by atoms with Gasteiger partial charge in [0.25, 0.3) is 0 Å². The van der Waals surface area contributed by atoms with Crippen molar-refractivity contribution in [3.8, 4) is 0 Å². The van der Waals surface area contributed by atoms with E-state index in [1.807, 2.05) is 0 Å². The maximum Gasteiger partial charge on any atom is 0.0477 e. The Labute approximate surface area is 82.0 Å². The van der Waals surface area contributed by atoms with E-state index in [0.717, 1.165) is 19.1 Å². The van der Waals surface area contributed by atoms with Crippen molar-refractivity contribution in [1.82, 2.24) is 5.32 Å². The van der Waals surface area contributed by atoms with Gasteiger partial charge < -0.3 is 10.1 Å². The summed E-state index contributed by atoms with van der Waals surface area (Å²) in [7, 11) is 1.79. The molecule has 0 amide bonds. The highest BCUT2D eigenvalue weighted by Crippen LogP contribution is 2.34. The summed E-state index contributed by atoms with van der Waals surface area (Å²) in [5, 5.41) is 3.60. The van der Waals surface area contributed by atoms with Crippen molar-refractivity contribution in [2.45, 2.75) is 45.1 Å². The molecule has 13 heavy (non-hydrogen) atoms. The molecular weight excluding hydrogens is 162 g/mol. The lowest BCUT2D eigenvalue weighted by Gasteiger charge is -2.17. The largest absolute Gasteiger partial charge is 0.385 e. The van der Waals surface area contributed by atoms with E-state index in [-0.39, 0.29) is 0 Å². The summed E-state index contributed by atoms with van der Waals surface area (Å²) in [6.07, 6.45) is 6.68. The number of hydrogen-bond acceptors (Lipinski definition) is 2. The van der Waals surface area contributed by atoms with E-state index in [1.54, 1.807) is 7.11 Å². The van der Waals surface area contributed by atoms with Crippen LogP contribution < -0.4 is 5.32 Å². The van der Waals surface area contributed by atoms with Crippen molar-refractivity contribution in [2.24, 2.45) is 5.92 Å². The van der Waals surface area contributed by atoms with Gasteiger partial charge in [0.1, 0.15) is 0 Å². The lowest BCUT2D eigenvalue weighted by molar-refractivity contribution is 0.180. The van der Waals surface area contributed by atoms with Gasteiger partial charge in [-0.25, -0.2) is 0 Å². The van der Waals surface area contributed by atoms with Gasteiger partial charge in [-0.15, -0.1) is 0 Å². The van der Waals surface area contributed by atoms with Gasteiger partial charge in [-0.3, -0.25) is 0 Å². The molecule has 0 aliphatic heterocycles. The molecule has 0 saturated heterocycles. The third kappa shape index (κ3) is 5.27. The Morgan fingerprint density at radius 3 is 2.77 bits per heavy atom. The number of nitrogens with one attached hydrogen (secondary N) is 1. The average Bonchev–Trinajstić information content (AvgIpc) is 2.93. The van der Waals surface area contributed by atoms with Crippen molar-refractivity contribution in [1.29, 1.82) is 0 Å². The van der Waals surface area contributed by atoms with E-state index in [9.17, 15) is 0 Å². The summed E-state index contributed by atoms with van der Waals surface area (Å²) in [5.41, 5.74) is 0. The standard InChI is InChI=1S/C11H23NO/c1-3-7-12-11(6-8-13-2)9-10-4-5-10/h10-12H,3-9H2,1-2H3. The molecule has 2 heteroatoms. The highest BCUT2D eigenvalue weighted by atomic mass is 16.5. The van der Waals surface area contributed by atoms with Gasteiger partial charge in [-0.1, -0.05) is 19.8 Å². The molecule has 0 aromatic rings. The minimum Gasteiger partial charge on any atom is -0.385 e. The van der Waals surface area contributed by atoms with Gasteiger partial charge in [0.05, 0.1) is 0 Å². The highest BCUT2D eigenvalue weighted by molar-refractivity contribution is 4.80. The first-order valence-corrected chi connectivity index (χ1v) is 5.59. The Balaban J connectivity index is 2.08. The van der Waals surface area contributed by atoms with Crippen LogP contribution in [0.5, 0.6) is 0 Å². The second-order valence-corrected chi connectivity index (χ2v) is 4.11. The number of methoxy groups -OCH3 is 1. The second-order valence-electron chi connectivity index (χ2n) is 4.11. The maximum absolute atomic E-state index is 5.11. The fourth-order valence-corrected chi connectivity index (χ4v) is 1.67. The maximum atomic E-state index is 5.11. The first-order chi connectivity index (χ1) is 6.36. The molecule has 0 aromatic heterocycles. The average molecular weight is 185 g/mol. The van der Waals surface area contributed by atoms with E-state index in [1.165, 1.54) is 32.1 Å². The molecule has 1 fully saturated rings. The van der Waals surface area contributed by atoms with Crippen LogP contribution in [-0.4, -0.2) is 26.3 Å². The van der Waals surface area contributed by atoms with E-state index in [4.69, 9.17) is 4.74 Å². The molecule has 1 saturated carbocycles. The van der Waals surface area contributed by atoms with Crippen LogP contribution in [-0.2, 0) is 4.74 Å². The fourth-order valence-electron chi connectivity index (χ4n) is 1.67. The summed E-state index contributed by atoms with van der Waals surface area (Å²) >= 11 is 0. The number of rotatable bonds is 8. The highest BCUT2D eigenvalue weighted by Gasteiger charge is 2.24. The predicted molar refractivity (Wildman–Crippen MR) is 55.9 cm³/mol. The molecule has 1 aliphatic rings. The van der Waals surface area contributed by atoms with Crippen LogP contribution in [0.3, 0.4) is 0 Å². The topological polar surface area (TPSA) is 21.3 Å². The third-order valence-electron chi connectivity index (χ3n) is 2.67. The molecule has 1 unspecified atom stereocenters. The molecule has 1 N–H and O–H groups in total. The van der Waals surface area contributed by atoms with Crippen LogP contribution in [0.1, 0.15) is 39.0 Å². The summed E-state index contributed by atoms with van der Waals surface area (Å²) in [4.78, 5) is 0. The molecule has 1 rings (SSSR count). The van der Waals surface area contributed by atoms with Crippen molar-refractivity contribution < 1.29 is 4.74 Å². The molecule has 0 spiro atoms. The molecular formula is C11H23NO. The molecule has 0 radical (unpaired) electrons. The molecule has 0 aromatic carbocycles. The molecule has 1 atom stereocenters. The Morgan fingerprint density at radius 1 is 1.46 bits per heavy atom. The normalized spacial score (nSPS) is 18.9. The van der Waals surface area contributed by atoms with E-state index in [2.05, 4.69) is 12.2 Å². The van der Waals surface area contributed by atoms with E-state index < -0.39 is 0 Å². The van der Waals surface area contributed by atoms with Crippen LogP contribution in [0.25, 0.3) is 0 Å². The SMILES string of the molecule is CCCNC(CCOC)CC1CC1. The van der Waals surface area contributed by atoms with Crippen LogP contribution in [0.2, 0.25) is 0 Å². The molecule has 78 valence electrons. The Hall–Kier alpha value is -0.0800. The third-order valence-corrected chi connectivity index (χ3v) is 2.67. The van der Waals surface area contributed by atoms with Gasteiger partial charge in [0, 0.05) is 19.8 Å². The molecule has 1 aliphatic carbocycles. The molecule has 0 heterocycles. The minimum atomic E-state index is 0.701. The van der Waals surface area contributed by atoms with Gasteiger partial charge in [0.2, 0.25) is 0 Å². The van der Waals surface area contributed by atoms with Gasteiger partial charge in [-0.2, -0.15) is 0 Å². The van der Waals surface area contributed by atoms with Crippen LogP contribution in [0, 0.1) is 5.92 Å². The van der Waals surface area contributed by atoms with Crippen LogP contribution in [0.15, 0.2) is 0 Å². The number of hydrogen-bond donors (Lipinski definition) is 1. The molecule has 2 nitrogen and oxygen atoms in total. The minimum absolute atomic E-state index is 0.701. The molecule has 0 bridgehead atoms. The lowest BCUT2D eigenvalue weighted by Crippen LogP contribution is -2.31. The van der Waals surface area contributed by atoms with Crippen molar-refractivity contribution >= 4 is 0 Å². The lowest BCUT2D eigenvalue weighted by atomic mass is 10.1. The summed E-state index contributed by atoms with van der Waals surface area (Å²) < 4.78 is 5.11. The van der Waals surface area contributed by atoms with Crippen molar-refractivity contribution in [3.63, 3.8) is 0 Å². The Bertz CT molecular complexity index is 115. The van der Waals surface area contributed by atoms with Crippen LogP contribution in [0.4, 0.5) is 0 Å². The zero-order valence-corrected chi connectivity index (χ0v) is 9.01. The Morgan fingerprint density at radius 2 is 2.23 bits per heavy atom. The van der Waals surface area contributed by atoms with Gasteiger partial charge in [0.15, 0.2) is 0 Å². The zero-order valence-electron chi connectivity index (χ0n) is 9.01. The monoisotopic (exact) mass is 185 g/mol. The first-order valence-electron chi connectivity index (χ1n) is 5.59. The summed E-state index contributed by atoms with van der Waals surface area (Å²) in [6.45, 7) is 4.27. The van der Waals surface area contributed by atoms with E-state index >= 15 is 0 Å². The fraction of sp³-hybridized carbons (Fsp3) is 1.00. The summed E-state index contributed by atoms with van der Waals surface area (Å²) in [5.74, 6) is 1.02. The van der Waals surface area contributed by atoms with Crippen molar-refractivity contribution in [2.75, 3.05) is 20.3 Å². The zero-order chi connectivity index (χ0) is 9.52. The number of ether oxygens (including phenoxy) is 1. The second kappa shape index (κ2) is 6.39.